The van der Waals surface area contributed by atoms with E-state index in [4.69, 9.17) is 5.73 Å². The van der Waals surface area contributed by atoms with Crippen molar-refractivity contribution in [2.45, 2.75) is 19.8 Å². The third-order valence-electron chi connectivity index (χ3n) is 3.60. The smallest absolute Gasteiger partial charge is 0.0627 e. The summed E-state index contributed by atoms with van der Waals surface area (Å²) in [6, 6.07) is 6.12. The van der Waals surface area contributed by atoms with Crippen molar-refractivity contribution in [2.75, 3.05) is 43.9 Å². The first-order valence-corrected chi connectivity index (χ1v) is 6.47. The van der Waals surface area contributed by atoms with Crippen LogP contribution in [0.4, 0.5) is 11.4 Å². The van der Waals surface area contributed by atoms with Crippen molar-refractivity contribution in [1.82, 2.24) is 4.90 Å². The van der Waals surface area contributed by atoms with Crippen molar-refractivity contribution in [3.05, 3.63) is 23.8 Å². The molecule has 0 amide bonds. The van der Waals surface area contributed by atoms with Crippen molar-refractivity contribution >= 4 is 11.4 Å². The number of hydrogen-bond acceptors (Lipinski definition) is 3. The van der Waals surface area contributed by atoms with Gasteiger partial charge in [-0.15, -0.1) is 0 Å². The summed E-state index contributed by atoms with van der Waals surface area (Å²) in [7, 11) is 2.13. The van der Waals surface area contributed by atoms with Crippen LogP contribution < -0.4 is 10.6 Å². The average Bonchev–Trinajstić information content (AvgIpc) is 2.79. The lowest BCUT2D eigenvalue weighted by atomic mass is 10.1. The van der Waals surface area contributed by atoms with E-state index in [0.717, 1.165) is 18.8 Å². The zero-order chi connectivity index (χ0) is 12.3. The van der Waals surface area contributed by atoms with Gasteiger partial charge in [0.05, 0.1) is 11.4 Å². The molecule has 0 aliphatic carbocycles. The maximum atomic E-state index is 6.05. The molecule has 0 spiro atoms. The molecule has 0 unspecified atom stereocenters. The topological polar surface area (TPSA) is 32.5 Å². The molecule has 1 saturated heterocycles. The van der Waals surface area contributed by atoms with E-state index in [1.54, 1.807) is 0 Å². The fourth-order valence-electron chi connectivity index (χ4n) is 2.61. The summed E-state index contributed by atoms with van der Waals surface area (Å²) in [5.74, 6) is 0. The maximum Gasteiger partial charge on any atom is 0.0627 e. The van der Waals surface area contributed by atoms with Crippen LogP contribution in [0.25, 0.3) is 0 Å². The van der Waals surface area contributed by atoms with E-state index in [1.165, 1.54) is 37.2 Å². The van der Waals surface area contributed by atoms with Crippen molar-refractivity contribution in [3.8, 4) is 0 Å². The summed E-state index contributed by atoms with van der Waals surface area (Å²) in [4.78, 5) is 4.81. The standard InChI is InChI=1S/C14H23N3/c1-12-6-5-7-13(15)14(12)16(2)10-11-17-8-3-4-9-17/h5-7H,3-4,8-11,15H2,1-2H3. The minimum Gasteiger partial charge on any atom is -0.397 e. The Hall–Kier alpha value is -1.22. The van der Waals surface area contributed by atoms with Crippen LogP contribution in [0.1, 0.15) is 18.4 Å². The van der Waals surface area contributed by atoms with Crippen LogP contribution in [0.15, 0.2) is 18.2 Å². The van der Waals surface area contributed by atoms with E-state index in [9.17, 15) is 0 Å². The Kier molecular flexibility index (Phi) is 3.89. The van der Waals surface area contributed by atoms with Crippen molar-refractivity contribution in [2.24, 2.45) is 0 Å². The van der Waals surface area contributed by atoms with Gasteiger partial charge in [-0.05, 0) is 44.5 Å². The molecule has 1 aliphatic heterocycles. The van der Waals surface area contributed by atoms with E-state index in [0.29, 0.717) is 0 Å². The molecule has 1 fully saturated rings. The van der Waals surface area contributed by atoms with Gasteiger partial charge in [-0.3, -0.25) is 0 Å². The molecular formula is C14H23N3. The number of para-hydroxylation sites is 1. The van der Waals surface area contributed by atoms with Crippen LogP contribution in [0.3, 0.4) is 0 Å². The third kappa shape index (κ3) is 2.91. The van der Waals surface area contributed by atoms with Gasteiger partial charge in [0, 0.05) is 20.1 Å². The normalized spacial score (nSPS) is 16.4. The number of likely N-dealkylation sites (tertiary alicyclic amines) is 1. The molecule has 0 radical (unpaired) electrons. The number of benzene rings is 1. The molecule has 17 heavy (non-hydrogen) atoms. The highest BCUT2D eigenvalue weighted by Gasteiger charge is 2.13. The number of anilines is 2. The third-order valence-corrected chi connectivity index (χ3v) is 3.60. The van der Waals surface area contributed by atoms with E-state index >= 15 is 0 Å². The molecule has 0 atom stereocenters. The van der Waals surface area contributed by atoms with Crippen LogP contribution in [-0.4, -0.2) is 38.1 Å². The van der Waals surface area contributed by atoms with Crippen molar-refractivity contribution in [1.29, 1.82) is 0 Å². The largest absolute Gasteiger partial charge is 0.397 e. The summed E-state index contributed by atoms with van der Waals surface area (Å²) >= 11 is 0. The summed E-state index contributed by atoms with van der Waals surface area (Å²) in [6.45, 7) is 6.84. The van der Waals surface area contributed by atoms with Crippen LogP contribution in [-0.2, 0) is 0 Å². The number of aryl methyl sites for hydroxylation is 1. The fraction of sp³-hybridized carbons (Fsp3) is 0.571. The second kappa shape index (κ2) is 5.41. The molecule has 1 heterocycles. The molecule has 3 nitrogen and oxygen atoms in total. The van der Waals surface area contributed by atoms with Crippen LogP contribution in [0.2, 0.25) is 0 Å². The lowest BCUT2D eigenvalue weighted by Gasteiger charge is -2.25. The minimum absolute atomic E-state index is 0.883. The van der Waals surface area contributed by atoms with Gasteiger partial charge >= 0.3 is 0 Å². The Morgan fingerprint density at radius 1 is 1.29 bits per heavy atom. The Morgan fingerprint density at radius 3 is 2.65 bits per heavy atom. The van der Waals surface area contributed by atoms with Crippen molar-refractivity contribution in [3.63, 3.8) is 0 Å². The summed E-state index contributed by atoms with van der Waals surface area (Å²) in [6.07, 6.45) is 2.71. The van der Waals surface area contributed by atoms with E-state index in [2.05, 4.69) is 29.8 Å². The van der Waals surface area contributed by atoms with Gasteiger partial charge < -0.3 is 15.5 Å². The molecule has 0 saturated carbocycles. The second-order valence-electron chi connectivity index (χ2n) is 4.98. The maximum absolute atomic E-state index is 6.05. The predicted octanol–water partition coefficient (Wildman–Crippen LogP) is 2.11. The van der Waals surface area contributed by atoms with Gasteiger partial charge in [-0.1, -0.05) is 12.1 Å². The van der Waals surface area contributed by atoms with E-state index in [-0.39, 0.29) is 0 Å². The highest BCUT2D eigenvalue weighted by atomic mass is 15.2. The van der Waals surface area contributed by atoms with Crippen LogP contribution >= 0.6 is 0 Å². The first-order valence-electron chi connectivity index (χ1n) is 6.47. The lowest BCUT2D eigenvalue weighted by molar-refractivity contribution is 0.346. The molecule has 3 heteroatoms. The Balaban J connectivity index is 1.96. The molecule has 2 rings (SSSR count). The second-order valence-corrected chi connectivity index (χ2v) is 4.98. The minimum atomic E-state index is 0.883. The first kappa shape index (κ1) is 12.2. The monoisotopic (exact) mass is 233 g/mol. The van der Waals surface area contributed by atoms with E-state index in [1.807, 2.05) is 12.1 Å². The number of nitrogens with two attached hydrogens (primary N) is 1. The Labute approximate surface area is 104 Å². The van der Waals surface area contributed by atoms with Gasteiger partial charge in [0.2, 0.25) is 0 Å². The summed E-state index contributed by atoms with van der Waals surface area (Å²) < 4.78 is 0. The van der Waals surface area contributed by atoms with Gasteiger partial charge in [-0.25, -0.2) is 0 Å². The summed E-state index contributed by atoms with van der Waals surface area (Å²) in [5, 5.41) is 0. The van der Waals surface area contributed by atoms with Gasteiger partial charge in [-0.2, -0.15) is 0 Å². The number of rotatable bonds is 4. The lowest BCUT2D eigenvalue weighted by Crippen LogP contribution is -2.32. The van der Waals surface area contributed by atoms with Crippen LogP contribution in [0.5, 0.6) is 0 Å². The number of nitrogen functional groups attached to an aromatic ring is 1. The molecule has 94 valence electrons. The first-order chi connectivity index (χ1) is 8.18. The Bertz CT molecular complexity index is 349. The average molecular weight is 233 g/mol. The van der Waals surface area contributed by atoms with E-state index < -0.39 is 0 Å². The fourth-order valence-corrected chi connectivity index (χ4v) is 2.61. The number of nitrogens with zero attached hydrogens (tertiary/aromatic N) is 2. The highest BCUT2D eigenvalue weighted by molar-refractivity contribution is 5.71. The van der Waals surface area contributed by atoms with Gasteiger partial charge in [0.1, 0.15) is 0 Å². The number of hydrogen-bond donors (Lipinski definition) is 1. The molecular weight excluding hydrogens is 210 g/mol. The molecule has 1 aromatic carbocycles. The van der Waals surface area contributed by atoms with Crippen LogP contribution in [0, 0.1) is 6.92 Å². The number of likely N-dealkylation sites (N-methyl/N-ethyl adjacent to an activating group) is 1. The Morgan fingerprint density at radius 2 is 2.00 bits per heavy atom. The molecule has 0 bridgehead atoms. The SMILES string of the molecule is Cc1cccc(N)c1N(C)CCN1CCCC1. The highest BCUT2D eigenvalue weighted by Crippen LogP contribution is 2.26. The quantitative estimate of drug-likeness (QED) is 0.808. The molecule has 1 aromatic rings. The zero-order valence-corrected chi connectivity index (χ0v) is 10.9. The van der Waals surface area contributed by atoms with Crippen molar-refractivity contribution < 1.29 is 0 Å². The molecule has 2 N–H and O–H groups in total. The molecule has 1 aliphatic rings. The molecule has 0 aromatic heterocycles. The summed E-state index contributed by atoms with van der Waals surface area (Å²) in [5.41, 5.74) is 9.38. The van der Waals surface area contributed by atoms with Gasteiger partial charge in [0.25, 0.3) is 0 Å². The zero-order valence-electron chi connectivity index (χ0n) is 10.9. The van der Waals surface area contributed by atoms with Gasteiger partial charge in [0.15, 0.2) is 0 Å². The predicted molar refractivity (Wildman–Crippen MR) is 74.5 cm³/mol.